The SMILES string of the molecule is COc1ccc(CNC(=O)c2c(NC(=O)C3CCC(C(=O)O)CC3)sc3c2CCCC3)cc1Cl. The molecular formula is C25H29ClN2O5S. The van der Waals surface area contributed by atoms with Crippen molar-refractivity contribution < 1.29 is 24.2 Å². The van der Waals surface area contributed by atoms with Crippen LogP contribution in [-0.4, -0.2) is 30.0 Å². The maximum atomic E-state index is 13.3. The Bertz CT molecular complexity index is 1090. The van der Waals surface area contributed by atoms with Gasteiger partial charge in [0.1, 0.15) is 10.8 Å². The second-order valence-electron chi connectivity index (χ2n) is 8.94. The van der Waals surface area contributed by atoms with E-state index in [1.807, 2.05) is 6.07 Å². The Labute approximate surface area is 207 Å². The molecule has 0 saturated heterocycles. The number of carboxylic acids is 1. The molecule has 1 saturated carbocycles. The first-order valence-electron chi connectivity index (χ1n) is 11.7. The quantitative estimate of drug-likeness (QED) is 0.489. The van der Waals surface area contributed by atoms with Crippen molar-refractivity contribution >= 4 is 45.7 Å². The van der Waals surface area contributed by atoms with Gasteiger partial charge in [-0.2, -0.15) is 0 Å². The molecule has 3 N–H and O–H groups in total. The largest absolute Gasteiger partial charge is 0.495 e. The molecule has 182 valence electrons. The number of carboxylic acid groups (broad SMARTS) is 1. The van der Waals surface area contributed by atoms with Gasteiger partial charge in [0, 0.05) is 17.3 Å². The third-order valence-electron chi connectivity index (χ3n) is 6.75. The van der Waals surface area contributed by atoms with E-state index in [2.05, 4.69) is 10.6 Å². The molecule has 1 aromatic heterocycles. The van der Waals surface area contributed by atoms with E-state index in [0.29, 0.717) is 53.6 Å². The van der Waals surface area contributed by atoms with E-state index >= 15 is 0 Å². The van der Waals surface area contributed by atoms with Crippen molar-refractivity contribution in [2.45, 2.75) is 57.9 Å². The van der Waals surface area contributed by atoms with Crippen molar-refractivity contribution in [2.24, 2.45) is 11.8 Å². The standard InChI is InChI=1S/C25H29ClN2O5S/c1-33-19-11-6-14(12-18(19)26)13-27-23(30)21-17-4-2-3-5-20(17)34-24(21)28-22(29)15-7-9-16(10-8-15)25(31)32/h6,11-12,15-16H,2-5,7-10,13H2,1H3,(H,27,30)(H,28,29)(H,31,32). The number of ether oxygens (including phenoxy) is 1. The Kier molecular flexibility index (Phi) is 7.78. The number of methoxy groups -OCH3 is 1. The van der Waals surface area contributed by atoms with E-state index in [9.17, 15) is 19.5 Å². The van der Waals surface area contributed by atoms with Gasteiger partial charge in [0.05, 0.1) is 23.6 Å². The molecule has 0 radical (unpaired) electrons. The summed E-state index contributed by atoms with van der Waals surface area (Å²) in [4.78, 5) is 38.6. The van der Waals surface area contributed by atoms with Crippen molar-refractivity contribution in [2.75, 3.05) is 12.4 Å². The molecule has 7 nitrogen and oxygen atoms in total. The Morgan fingerprint density at radius 2 is 1.82 bits per heavy atom. The van der Waals surface area contributed by atoms with E-state index in [-0.39, 0.29) is 23.7 Å². The van der Waals surface area contributed by atoms with Gasteiger partial charge in [-0.1, -0.05) is 17.7 Å². The summed E-state index contributed by atoms with van der Waals surface area (Å²) >= 11 is 7.70. The van der Waals surface area contributed by atoms with Gasteiger partial charge in [-0.05, 0) is 74.6 Å². The lowest BCUT2D eigenvalue weighted by Crippen LogP contribution is -2.30. The molecule has 4 rings (SSSR count). The van der Waals surface area contributed by atoms with Crippen LogP contribution in [0, 0.1) is 11.8 Å². The van der Waals surface area contributed by atoms with Crippen LogP contribution in [0.1, 0.15) is 64.9 Å². The Hall–Kier alpha value is -2.58. The lowest BCUT2D eigenvalue weighted by Gasteiger charge is -2.25. The number of amides is 2. The van der Waals surface area contributed by atoms with Crippen LogP contribution in [-0.2, 0) is 29.0 Å². The smallest absolute Gasteiger partial charge is 0.306 e. The second kappa shape index (κ2) is 10.8. The van der Waals surface area contributed by atoms with Crippen molar-refractivity contribution in [3.8, 4) is 5.75 Å². The molecule has 2 aromatic rings. The number of hydrogen-bond donors (Lipinski definition) is 3. The summed E-state index contributed by atoms with van der Waals surface area (Å²) in [6.45, 7) is 0.305. The number of benzene rings is 1. The van der Waals surface area contributed by atoms with Gasteiger partial charge < -0.3 is 20.5 Å². The van der Waals surface area contributed by atoms with Crippen molar-refractivity contribution in [1.82, 2.24) is 5.32 Å². The van der Waals surface area contributed by atoms with Gasteiger partial charge in [0.15, 0.2) is 0 Å². The Morgan fingerprint density at radius 3 is 2.50 bits per heavy atom. The fourth-order valence-electron chi connectivity index (χ4n) is 4.80. The molecule has 1 fully saturated rings. The topological polar surface area (TPSA) is 105 Å². The van der Waals surface area contributed by atoms with E-state index in [1.54, 1.807) is 19.2 Å². The fraction of sp³-hybridized carbons (Fsp3) is 0.480. The summed E-state index contributed by atoms with van der Waals surface area (Å²) in [5.41, 5.74) is 2.45. The normalized spacial score (nSPS) is 19.7. The Morgan fingerprint density at radius 1 is 1.12 bits per heavy atom. The third kappa shape index (κ3) is 5.39. The second-order valence-corrected chi connectivity index (χ2v) is 10.5. The van der Waals surface area contributed by atoms with Crippen LogP contribution >= 0.6 is 22.9 Å². The number of anilines is 1. The number of hydrogen-bond acceptors (Lipinski definition) is 5. The van der Waals surface area contributed by atoms with Crippen LogP contribution in [0.5, 0.6) is 5.75 Å². The summed E-state index contributed by atoms with van der Waals surface area (Å²) in [7, 11) is 1.55. The zero-order chi connectivity index (χ0) is 24.2. The Balaban J connectivity index is 1.48. The number of nitrogens with one attached hydrogen (secondary N) is 2. The minimum absolute atomic E-state index is 0.126. The van der Waals surface area contributed by atoms with Gasteiger partial charge in [-0.25, -0.2) is 0 Å². The van der Waals surface area contributed by atoms with Gasteiger partial charge in [0.2, 0.25) is 5.91 Å². The van der Waals surface area contributed by atoms with Gasteiger partial charge >= 0.3 is 5.97 Å². The molecule has 0 spiro atoms. The molecule has 0 bridgehead atoms. The van der Waals surface area contributed by atoms with Gasteiger partial charge in [-0.3, -0.25) is 14.4 Å². The molecule has 2 aliphatic rings. The molecule has 0 aliphatic heterocycles. The fourth-order valence-corrected chi connectivity index (χ4v) is 6.37. The molecule has 0 unspecified atom stereocenters. The summed E-state index contributed by atoms with van der Waals surface area (Å²) < 4.78 is 5.18. The monoisotopic (exact) mass is 504 g/mol. The zero-order valence-electron chi connectivity index (χ0n) is 19.1. The first kappa shape index (κ1) is 24.5. The molecule has 1 heterocycles. The number of aryl methyl sites for hydroxylation is 1. The van der Waals surface area contributed by atoms with Crippen LogP contribution in [0.3, 0.4) is 0 Å². The number of carbonyl (C=O) groups is 3. The summed E-state index contributed by atoms with van der Waals surface area (Å²) in [5.74, 6) is -1.15. The average Bonchev–Trinajstić information content (AvgIpc) is 3.20. The lowest BCUT2D eigenvalue weighted by atomic mass is 9.81. The van der Waals surface area contributed by atoms with Gasteiger partial charge in [0.25, 0.3) is 5.91 Å². The van der Waals surface area contributed by atoms with E-state index < -0.39 is 5.97 Å². The summed E-state index contributed by atoms with van der Waals surface area (Å²) in [5, 5.41) is 16.3. The summed E-state index contributed by atoms with van der Waals surface area (Å²) in [6, 6.07) is 5.38. The number of rotatable bonds is 7. The summed E-state index contributed by atoms with van der Waals surface area (Å²) in [6.07, 6.45) is 5.94. The number of aliphatic carboxylic acids is 1. The van der Waals surface area contributed by atoms with E-state index in [1.165, 1.54) is 11.3 Å². The van der Waals surface area contributed by atoms with Crippen LogP contribution in [0.25, 0.3) is 0 Å². The third-order valence-corrected chi connectivity index (χ3v) is 8.25. The van der Waals surface area contributed by atoms with Crippen LogP contribution in [0.15, 0.2) is 18.2 Å². The highest BCUT2D eigenvalue weighted by Gasteiger charge is 2.32. The van der Waals surface area contributed by atoms with Gasteiger partial charge in [-0.15, -0.1) is 11.3 Å². The maximum Gasteiger partial charge on any atom is 0.306 e. The first-order chi connectivity index (χ1) is 16.4. The molecule has 2 amide bonds. The molecule has 9 heteroatoms. The van der Waals surface area contributed by atoms with Crippen molar-refractivity contribution in [3.63, 3.8) is 0 Å². The molecule has 1 aromatic carbocycles. The first-order valence-corrected chi connectivity index (χ1v) is 12.9. The molecule has 2 aliphatic carbocycles. The molecule has 34 heavy (non-hydrogen) atoms. The minimum atomic E-state index is -0.790. The predicted octanol–water partition coefficient (Wildman–Crippen LogP) is 5.05. The number of halogens is 1. The number of thiophene rings is 1. The highest BCUT2D eigenvalue weighted by Crippen LogP contribution is 2.39. The van der Waals surface area contributed by atoms with Crippen molar-refractivity contribution in [1.29, 1.82) is 0 Å². The highest BCUT2D eigenvalue weighted by molar-refractivity contribution is 7.17. The van der Waals surface area contributed by atoms with E-state index in [4.69, 9.17) is 16.3 Å². The molecule has 0 atom stereocenters. The minimum Gasteiger partial charge on any atom is -0.495 e. The van der Waals surface area contributed by atoms with Crippen LogP contribution < -0.4 is 15.4 Å². The number of carbonyl (C=O) groups excluding carboxylic acids is 2. The maximum absolute atomic E-state index is 13.3. The predicted molar refractivity (Wildman–Crippen MR) is 132 cm³/mol. The lowest BCUT2D eigenvalue weighted by molar-refractivity contribution is -0.143. The molecular weight excluding hydrogens is 476 g/mol. The zero-order valence-corrected chi connectivity index (χ0v) is 20.7. The van der Waals surface area contributed by atoms with Crippen LogP contribution in [0.4, 0.5) is 5.00 Å². The van der Waals surface area contributed by atoms with Crippen LogP contribution in [0.2, 0.25) is 5.02 Å². The average molecular weight is 505 g/mol. The van der Waals surface area contributed by atoms with E-state index in [0.717, 1.165) is 41.7 Å². The number of fused-ring (bicyclic) bond motifs is 1. The highest BCUT2D eigenvalue weighted by atomic mass is 35.5. The van der Waals surface area contributed by atoms with Crippen molar-refractivity contribution in [3.05, 3.63) is 44.8 Å².